The first-order chi connectivity index (χ1) is 9.19. The zero-order valence-electron chi connectivity index (χ0n) is 11.3. The monoisotopic (exact) mass is 261 g/mol. The second-order valence-electron chi connectivity index (χ2n) is 4.03. The van der Waals surface area contributed by atoms with Gasteiger partial charge in [-0.1, -0.05) is 6.92 Å². The number of nitrogens with zero attached hydrogens (tertiary/aromatic N) is 2. The zero-order valence-corrected chi connectivity index (χ0v) is 11.3. The molecule has 5 heteroatoms. The average Bonchev–Trinajstić information content (AvgIpc) is 2.46. The molecule has 0 saturated carbocycles. The molecular weight excluding hydrogens is 242 g/mol. The standard InChI is InChI=1S/C14H19N3O2/c1-3-17(11-14(18)16-2)8-9-19-13-6-4-12(10-15)5-7-13/h4-7H,3,8-9,11H2,1-2H3,(H,16,18). The average molecular weight is 261 g/mol. The number of carbonyl (C=O) groups is 1. The molecule has 1 N–H and O–H groups in total. The molecule has 0 aliphatic heterocycles. The van der Waals surface area contributed by atoms with Gasteiger partial charge in [-0.25, -0.2) is 0 Å². The summed E-state index contributed by atoms with van der Waals surface area (Å²) in [6.45, 7) is 4.37. The van der Waals surface area contributed by atoms with Crippen molar-refractivity contribution in [1.82, 2.24) is 10.2 Å². The lowest BCUT2D eigenvalue weighted by Crippen LogP contribution is -2.37. The molecular formula is C14H19N3O2. The molecule has 1 amide bonds. The summed E-state index contributed by atoms with van der Waals surface area (Å²) in [6.07, 6.45) is 0. The Bertz CT molecular complexity index is 437. The van der Waals surface area contributed by atoms with Crippen LogP contribution in [0.5, 0.6) is 5.75 Å². The van der Waals surface area contributed by atoms with E-state index in [-0.39, 0.29) is 5.91 Å². The van der Waals surface area contributed by atoms with Crippen LogP contribution in [-0.4, -0.2) is 44.1 Å². The number of carbonyl (C=O) groups excluding carboxylic acids is 1. The number of nitrogens with one attached hydrogen (secondary N) is 1. The third-order valence-corrected chi connectivity index (χ3v) is 2.75. The fourth-order valence-corrected chi connectivity index (χ4v) is 1.55. The molecule has 0 spiro atoms. The fraction of sp³-hybridized carbons (Fsp3) is 0.429. The molecule has 0 aliphatic rings. The van der Waals surface area contributed by atoms with Gasteiger partial charge < -0.3 is 10.1 Å². The van der Waals surface area contributed by atoms with Crippen molar-refractivity contribution in [1.29, 1.82) is 5.26 Å². The first-order valence-electron chi connectivity index (χ1n) is 6.25. The van der Waals surface area contributed by atoms with E-state index in [0.29, 0.717) is 25.3 Å². The lowest BCUT2D eigenvalue weighted by atomic mass is 10.2. The molecule has 0 atom stereocenters. The lowest BCUT2D eigenvalue weighted by Gasteiger charge is -2.19. The Hall–Kier alpha value is -2.06. The Morgan fingerprint density at radius 3 is 2.63 bits per heavy atom. The number of ether oxygens (including phenoxy) is 1. The quantitative estimate of drug-likeness (QED) is 0.795. The lowest BCUT2D eigenvalue weighted by molar-refractivity contribution is -0.121. The fourth-order valence-electron chi connectivity index (χ4n) is 1.55. The second-order valence-corrected chi connectivity index (χ2v) is 4.03. The summed E-state index contributed by atoms with van der Waals surface area (Å²) in [4.78, 5) is 13.3. The van der Waals surface area contributed by atoms with Gasteiger partial charge in [-0.2, -0.15) is 5.26 Å². The zero-order chi connectivity index (χ0) is 14.1. The van der Waals surface area contributed by atoms with Gasteiger partial charge in [-0.15, -0.1) is 0 Å². The number of amides is 1. The number of likely N-dealkylation sites (N-methyl/N-ethyl adjacent to an activating group) is 2. The highest BCUT2D eigenvalue weighted by molar-refractivity contribution is 5.77. The van der Waals surface area contributed by atoms with Crippen molar-refractivity contribution in [2.75, 3.05) is 33.3 Å². The highest BCUT2D eigenvalue weighted by Gasteiger charge is 2.07. The maximum atomic E-state index is 11.3. The summed E-state index contributed by atoms with van der Waals surface area (Å²) in [6, 6.07) is 9.04. The first kappa shape index (κ1) is 15.0. The van der Waals surface area contributed by atoms with Crippen molar-refractivity contribution < 1.29 is 9.53 Å². The Labute approximate surface area is 113 Å². The Balaban J connectivity index is 2.35. The first-order valence-corrected chi connectivity index (χ1v) is 6.25. The van der Waals surface area contributed by atoms with Crippen molar-refractivity contribution in [3.05, 3.63) is 29.8 Å². The van der Waals surface area contributed by atoms with E-state index >= 15 is 0 Å². The van der Waals surface area contributed by atoms with Gasteiger partial charge in [-0.05, 0) is 30.8 Å². The predicted octanol–water partition coefficient (Wildman–Crippen LogP) is 1.00. The van der Waals surface area contributed by atoms with Crippen molar-refractivity contribution in [2.24, 2.45) is 0 Å². The van der Waals surface area contributed by atoms with Crippen LogP contribution >= 0.6 is 0 Å². The van der Waals surface area contributed by atoms with Crippen LogP contribution in [0.2, 0.25) is 0 Å². The van der Waals surface area contributed by atoms with E-state index in [1.165, 1.54) is 0 Å². The van der Waals surface area contributed by atoms with Crippen LogP contribution in [0.1, 0.15) is 12.5 Å². The van der Waals surface area contributed by atoms with Gasteiger partial charge in [0.2, 0.25) is 5.91 Å². The van der Waals surface area contributed by atoms with E-state index in [2.05, 4.69) is 11.4 Å². The van der Waals surface area contributed by atoms with Gasteiger partial charge in [-0.3, -0.25) is 9.69 Å². The van der Waals surface area contributed by atoms with Crippen molar-refractivity contribution in [3.8, 4) is 11.8 Å². The highest BCUT2D eigenvalue weighted by atomic mass is 16.5. The maximum Gasteiger partial charge on any atom is 0.233 e. The maximum absolute atomic E-state index is 11.3. The topological polar surface area (TPSA) is 65.4 Å². The minimum absolute atomic E-state index is 0.000207. The summed E-state index contributed by atoms with van der Waals surface area (Å²) in [5.74, 6) is 0.732. The van der Waals surface area contributed by atoms with Crippen LogP contribution in [0.3, 0.4) is 0 Å². The summed E-state index contributed by atoms with van der Waals surface area (Å²) >= 11 is 0. The summed E-state index contributed by atoms with van der Waals surface area (Å²) in [5, 5.41) is 11.3. The molecule has 0 radical (unpaired) electrons. The smallest absolute Gasteiger partial charge is 0.233 e. The van der Waals surface area contributed by atoms with Gasteiger partial charge in [0.15, 0.2) is 0 Å². The minimum Gasteiger partial charge on any atom is -0.492 e. The number of hydrogen-bond acceptors (Lipinski definition) is 4. The van der Waals surface area contributed by atoms with Gasteiger partial charge >= 0.3 is 0 Å². The van der Waals surface area contributed by atoms with E-state index in [4.69, 9.17) is 10.00 Å². The van der Waals surface area contributed by atoms with Crippen LogP contribution in [0, 0.1) is 11.3 Å². The Morgan fingerprint density at radius 2 is 2.11 bits per heavy atom. The molecule has 1 rings (SSSR count). The third kappa shape index (κ3) is 5.40. The number of nitriles is 1. The van der Waals surface area contributed by atoms with Crippen molar-refractivity contribution in [2.45, 2.75) is 6.92 Å². The van der Waals surface area contributed by atoms with E-state index in [9.17, 15) is 4.79 Å². The van der Waals surface area contributed by atoms with E-state index in [1.807, 2.05) is 11.8 Å². The van der Waals surface area contributed by atoms with Crippen LogP contribution < -0.4 is 10.1 Å². The Morgan fingerprint density at radius 1 is 1.42 bits per heavy atom. The molecule has 1 aromatic rings. The molecule has 0 aliphatic carbocycles. The molecule has 0 saturated heterocycles. The summed E-state index contributed by atoms with van der Waals surface area (Å²) < 4.78 is 5.57. The highest BCUT2D eigenvalue weighted by Crippen LogP contribution is 2.11. The van der Waals surface area contributed by atoms with E-state index < -0.39 is 0 Å². The normalized spacial score (nSPS) is 10.0. The molecule has 0 aromatic heterocycles. The second kappa shape index (κ2) is 8.11. The van der Waals surface area contributed by atoms with Crippen LogP contribution in [0.4, 0.5) is 0 Å². The summed E-state index contributed by atoms with van der Waals surface area (Å²) in [5.41, 5.74) is 0.613. The minimum atomic E-state index is 0.000207. The molecule has 0 unspecified atom stereocenters. The molecule has 19 heavy (non-hydrogen) atoms. The Kier molecular flexibility index (Phi) is 6.41. The van der Waals surface area contributed by atoms with Gasteiger partial charge in [0.05, 0.1) is 18.2 Å². The van der Waals surface area contributed by atoms with E-state index in [1.54, 1.807) is 31.3 Å². The van der Waals surface area contributed by atoms with Crippen molar-refractivity contribution in [3.63, 3.8) is 0 Å². The van der Waals surface area contributed by atoms with Crippen LogP contribution in [0.15, 0.2) is 24.3 Å². The SMILES string of the molecule is CCN(CCOc1ccc(C#N)cc1)CC(=O)NC. The van der Waals surface area contributed by atoms with Crippen LogP contribution in [-0.2, 0) is 4.79 Å². The molecule has 0 bridgehead atoms. The van der Waals surface area contributed by atoms with Gasteiger partial charge in [0.25, 0.3) is 0 Å². The largest absolute Gasteiger partial charge is 0.492 e. The molecule has 102 valence electrons. The van der Waals surface area contributed by atoms with Gasteiger partial charge in [0.1, 0.15) is 12.4 Å². The molecule has 0 heterocycles. The summed E-state index contributed by atoms with van der Waals surface area (Å²) in [7, 11) is 1.63. The number of hydrogen-bond donors (Lipinski definition) is 1. The number of benzene rings is 1. The van der Waals surface area contributed by atoms with Crippen molar-refractivity contribution >= 4 is 5.91 Å². The molecule has 5 nitrogen and oxygen atoms in total. The van der Waals surface area contributed by atoms with Gasteiger partial charge in [0, 0.05) is 13.6 Å². The molecule has 1 aromatic carbocycles. The third-order valence-electron chi connectivity index (χ3n) is 2.75. The number of rotatable bonds is 7. The van der Waals surface area contributed by atoms with Crippen LogP contribution in [0.25, 0.3) is 0 Å². The molecule has 0 fully saturated rings. The van der Waals surface area contributed by atoms with E-state index in [0.717, 1.165) is 12.3 Å². The predicted molar refractivity (Wildman–Crippen MR) is 72.8 cm³/mol.